The fraction of sp³-hybridized carbons (Fsp3) is 0.333. The maximum Gasteiger partial charge on any atom is 0.417 e. The van der Waals surface area contributed by atoms with E-state index in [1.165, 1.54) is 6.07 Å². The fourth-order valence-corrected chi connectivity index (χ4v) is 2.25. The summed E-state index contributed by atoms with van der Waals surface area (Å²) in [6, 6.07) is 7.51. The minimum absolute atomic E-state index is 0. The first-order valence-corrected chi connectivity index (χ1v) is 8.39. The molecule has 0 bridgehead atoms. The number of methoxy groups -OCH3 is 2. The van der Waals surface area contributed by atoms with Crippen LogP contribution in [0.2, 0.25) is 0 Å². The smallest absolute Gasteiger partial charge is 0.417 e. The summed E-state index contributed by atoms with van der Waals surface area (Å²) in [5.41, 5.74) is 5.71. The zero-order chi connectivity index (χ0) is 20.6. The van der Waals surface area contributed by atoms with Gasteiger partial charge in [-0.25, -0.2) is 4.98 Å². The van der Waals surface area contributed by atoms with E-state index in [1.807, 2.05) is 0 Å². The van der Waals surface area contributed by atoms with Gasteiger partial charge in [-0.2, -0.15) is 13.2 Å². The van der Waals surface area contributed by atoms with Crippen molar-refractivity contribution in [1.82, 2.24) is 4.98 Å². The van der Waals surface area contributed by atoms with Gasteiger partial charge in [-0.05, 0) is 30.7 Å². The number of pyridine rings is 1. The highest BCUT2D eigenvalue weighted by Gasteiger charge is 2.30. The number of hydrogen-bond donors (Lipinski definition) is 3. The Morgan fingerprint density at radius 1 is 1.17 bits per heavy atom. The number of ether oxygens (including phenoxy) is 2. The van der Waals surface area contributed by atoms with Crippen LogP contribution in [0.4, 0.5) is 24.7 Å². The summed E-state index contributed by atoms with van der Waals surface area (Å²) in [6.07, 6.45) is -2.99. The van der Waals surface area contributed by atoms with Crippen LogP contribution < -0.4 is 25.8 Å². The molecule has 0 unspecified atom stereocenters. The van der Waals surface area contributed by atoms with Gasteiger partial charge in [-0.3, -0.25) is 4.99 Å². The number of benzene rings is 1. The molecule has 2 rings (SSSR count). The lowest BCUT2D eigenvalue weighted by Crippen LogP contribution is -2.23. The van der Waals surface area contributed by atoms with Gasteiger partial charge in [-0.1, -0.05) is 0 Å². The summed E-state index contributed by atoms with van der Waals surface area (Å²) >= 11 is 0. The SMILES string of the molecule is COc1ccc(OC)c(NC(N)=NCCCNc2ccc(C(F)(F)F)cn2)c1.I. The Labute approximate surface area is 183 Å². The number of anilines is 2. The van der Waals surface area contributed by atoms with Gasteiger partial charge in [0.05, 0.1) is 25.5 Å². The molecule has 29 heavy (non-hydrogen) atoms. The summed E-state index contributed by atoms with van der Waals surface area (Å²) in [5.74, 6) is 1.81. The van der Waals surface area contributed by atoms with Crippen molar-refractivity contribution in [3.8, 4) is 11.5 Å². The normalized spacial score (nSPS) is 11.4. The zero-order valence-corrected chi connectivity index (χ0v) is 18.2. The van der Waals surface area contributed by atoms with Gasteiger partial charge in [0.25, 0.3) is 0 Å². The summed E-state index contributed by atoms with van der Waals surface area (Å²) in [6.45, 7) is 0.899. The molecule has 160 valence electrons. The van der Waals surface area contributed by atoms with E-state index in [9.17, 15) is 13.2 Å². The lowest BCUT2D eigenvalue weighted by molar-refractivity contribution is -0.137. The van der Waals surface area contributed by atoms with Gasteiger partial charge in [0.15, 0.2) is 5.96 Å². The number of nitrogens with zero attached hydrogens (tertiary/aromatic N) is 2. The second-order valence-corrected chi connectivity index (χ2v) is 5.67. The molecule has 0 saturated carbocycles. The Hall–Kier alpha value is -2.44. The van der Waals surface area contributed by atoms with Gasteiger partial charge in [0.1, 0.15) is 17.3 Å². The number of aromatic nitrogens is 1. The molecule has 1 heterocycles. The minimum Gasteiger partial charge on any atom is -0.497 e. The monoisotopic (exact) mass is 525 g/mol. The first-order chi connectivity index (χ1) is 13.3. The van der Waals surface area contributed by atoms with Crippen molar-refractivity contribution < 1.29 is 22.6 Å². The van der Waals surface area contributed by atoms with E-state index in [4.69, 9.17) is 15.2 Å². The standard InChI is InChI=1S/C18H22F3N5O2.HI/c1-27-13-5-6-15(28-2)14(10-13)26-17(22)24-9-3-8-23-16-7-4-12(11-25-16)18(19,20)21;/h4-7,10-11H,3,8-9H2,1-2H3,(H,23,25)(H3,22,24,26);1H. The number of nitrogens with two attached hydrogens (primary N) is 1. The van der Waals surface area contributed by atoms with Crippen LogP contribution in [0.25, 0.3) is 0 Å². The van der Waals surface area contributed by atoms with Crippen molar-refractivity contribution in [3.05, 3.63) is 42.1 Å². The van der Waals surface area contributed by atoms with Crippen LogP contribution in [0.5, 0.6) is 11.5 Å². The van der Waals surface area contributed by atoms with Gasteiger partial charge in [0.2, 0.25) is 0 Å². The maximum atomic E-state index is 12.5. The third kappa shape index (κ3) is 7.83. The molecule has 0 aliphatic carbocycles. The van der Waals surface area contributed by atoms with E-state index in [0.717, 1.165) is 12.3 Å². The topological polar surface area (TPSA) is 93.8 Å². The van der Waals surface area contributed by atoms with Crippen LogP contribution in [-0.4, -0.2) is 38.3 Å². The number of halogens is 4. The van der Waals surface area contributed by atoms with Crippen molar-refractivity contribution in [2.24, 2.45) is 10.7 Å². The quantitative estimate of drug-likeness (QED) is 0.209. The maximum absolute atomic E-state index is 12.5. The predicted molar refractivity (Wildman–Crippen MR) is 117 cm³/mol. The molecule has 0 spiro atoms. The van der Waals surface area contributed by atoms with Gasteiger partial charge >= 0.3 is 6.18 Å². The summed E-state index contributed by atoms with van der Waals surface area (Å²) in [4.78, 5) is 7.95. The number of hydrogen-bond acceptors (Lipinski definition) is 5. The van der Waals surface area contributed by atoms with Crippen LogP contribution in [0.15, 0.2) is 41.5 Å². The summed E-state index contributed by atoms with van der Waals surface area (Å²) in [7, 11) is 3.10. The highest BCUT2D eigenvalue weighted by atomic mass is 127. The molecule has 2 aromatic rings. The number of aliphatic imine (C=N–C) groups is 1. The van der Waals surface area contributed by atoms with E-state index >= 15 is 0 Å². The third-order valence-electron chi connectivity index (χ3n) is 3.68. The molecule has 0 radical (unpaired) electrons. The predicted octanol–water partition coefficient (Wildman–Crippen LogP) is 3.96. The lowest BCUT2D eigenvalue weighted by Gasteiger charge is -2.12. The largest absolute Gasteiger partial charge is 0.497 e. The van der Waals surface area contributed by atoms with E-state index in [-0.39, 0.29) is 29.9 Å². The second-order valence-electron chi connectivity index (χ2n) is 5.67. The first kappa shape index (κ1) is 24.6. The minimum atomic E-state index is -4.39. The van der Waals surface area contributed by atoms with Crippen LogP contribution in [-0.2, 0) is 6.18 Å². The van der Waals surface area contributed by atoms with E-state index in [0.29, 0.717) is 42.5 Å². The van der Waals surface area contributed by atoms with E-state index in [1.54, 1.807) is 32.4 Å². The number of guanidine groups is 1. The first-order valence-electron chi connectivity index (χ1n) is 8.39. The number of nitrogens with one attached hydrogen (secondary N) is 2. The molecule has 0 aliphatic heterocycles. The Morgan fingerprint density at radius 3 is 2.52 bits per heavy atom. The zero-order valence-electron chi connectivity index (χ0n) is 15.9. The Morgan fingerprint density at radius 2 is 1.93 bits per heavy atom. The van der Waals surface area contributed by atoms with Crippen molar-refractivity contribution in [1.29, 1.82) is 0 Å². The van der Waals surface area contributed by atoms with Crippen LogP contribution in [0, 0.1) is 0 Å². The van der Waals surface area contributed by atoms with Crippen molar-refractivity contribution >= 4 is 41.4 Å². The van der Waals surface area contributed by atoms with Gasteiger partial charge in [0, 0.05) is 25.4 Å². The molecule has 0 saturated heterocycles. The van der Waals surface area contributed by atoms with Crippen molar-refractivity contribution in [2.45, 2.75) is 12.6 Å². The lowest BCUT2D eigenvalue weighted by atomic mass is 10.2. The van der Waals surface area contributed by atoms with Gasteiger partial charge < -0.3 is 25.8 Å². The van der Waals surface area contributed by atoms with Crippen LogP contribution >= 0.6 is 24.0 Å². The average molecular weight is 525 g/mol. The molecule has 1 aromatic heterocycles. The number of rotatable bonds is 8. The molecule has 11 heteroatoms. The van der Waals surface area contributed by atoms with Gasteiger partial charge in [-0.15, -0.1) is 24.0 Å². The second kappa shape index (κ2) is 11.5. The van der Waals surface area contributed by atoms with Crippen molar-refractivity contribution in [2.75, 3.05) is 37.9 Å². The molecule has 0 amide bonds. The molecule has 0 atom stereocenters. The summed E-state index contributed by atoms with van der Waals surface area (Å²) < 4.78 is 47.9. The fourth-order valence-electron chi connectivity index (χ4n) is 2.25. The average Bonchev–Trinajstić information content (AvgIpc) is 2.67. The Balaban J connectivity index is 0.00000420. The molecule has 4 N–H and O–H groups in total. The highest BCUT2D eigenvalue weighted by molar-refractivity contribution is 14.0. The molecule has 0 fully saturated rings. The molecule has 7 nitrogen and oxygen atoms in total. The molecular weight excluding hydrogens is 502 g/mol. The Bertz CT molecular complexity index is 801. The van der Waals surface area contributed by atoms with Crippen LogP contribution in [0.3, 0.4) is 0 Å². The summed E-state index contributed by atoms with van der Waals surface area (Å²) in [5, 5.41) is 5.88. The molecule has 1 aromatic carbocycles. The van der Waals surface area contributed by atoms with E-state index in [2.05, 4.69) is 20.6 Å². The van der Waals surface area contributed by atoms with Crippen molar-refractivity contribution in [3.63, 3.8) is 0 Å². The number of alkyl halides is 3. The van der Waals surface area contributed by atoms with Crippen LogP contribution in [0.1, 0.15) is 12.0 Å². The third-order valence-corrected chi connectivity index (χ3v) is 3.68. The molecule has 0 aliphatic rings. The van der Waals surface area contributed by atoms with E-state index < -0.39 is 11.7 Å². The Kier molecular flexibility index (Phi) is 9.78. The molecular formula is C18H23F3IN5O2. The highest BCUT2D eigenvalue weighted by Crippen LogP contribution is 2.29.